The van der Waals surface area contributed by atoms with E-state index in [1.165, 1.54) is 44.9 Å². The van der Waals surface area contributed by atoms with E-state index >= 15 is 0 Å². The van der Waals surface area contributed by atoms with E-state index < -0.39 is 0 Å². The second-order valence-electron chi connectivity index (χ2n) is 4.42. The highest BCUT2D eigenvalue weighted by atomic mass is 16.3. The third kappa shape index (κ3) is 1.50. The molecule has 0 spiro atoms. The van der Waals surface area contributed by atoms with E-state index in [0.717, 1.165) is 6.04 Å². The molecule has 2 heteroatoms. The Hall–Kier alpha value is -0.0800. The fraction of sp³-hybridized carbons (Fsp3) is 1.00. The Kier molecular flexibility index (Phi) is 2.37. The highest BCUT2D eigenvalue weighted by Crippen LogP contribution is 2.32. The molecule has 0 aromatic carbocycles. The SMILES string of the molecule is OCC1(NC2CCC2)CCCC1. The normalized spacial score (nSPS) is 28.8. The summed E-state index contributed by atoms with van der Waals surface area (Å²) in [6, 6.07) is 0.718. The summed E-state index contributed by atoms with van der Waals surface area (Å²) in [6.07, 6.45) is 8.96. The first kappa shape index (κ1) is 8.52. The number of rotatable bonds is 3. The molecule has 0 aromatic rings. The van der Waals surface area contributed by atoms with Crippen LogP contribution in [0.2, 0.25) is 0 Å². The van der Waals surface area contributed by atoms with E-state index in [-0.39, 0.29) is 5.54 Å². The first-order chi connectivity index (χ1) is 5.85. The van der Waals surface area contributed by atoms with Crippen molar-refractivity contribution in [2.45, 2.75) is 56.5 Å². The fourth-order valence-electron chi connectivity index (χ4n) is 2.39. The van der Waals surface area contributed by atoms with Crippen LogP contribution < -0.4 is 5.32 Å². The van der Waals surface area contributed by atoms with E-state index in [1.54, 1.807) is 0 Å². The Labute approximate surface area is 74.4 Å². The van der Waals surface area contributed by atoms with Gasteiger partial charge in [0.15, 0.2) is 0 Å². The van der Waals surface area contributed by atoms with Gasteiger partial charge in [0, 0.05) is 11.6 Å². The molecule has 0 bridgehead atoms. The molecule has 0 aromatic heterocycles. The lowest BCUT2D eigenvalue weighted by molar-refractivity contribution is 0.132. The van der Waals surface area contributed by atoms with Gasteiger partial charge in [0.05, 0.1) is 6.61 Å². The smallest absolute Gasteiger partial charge is 0.0613 e. The number of hydrogen-bond acceptors (Lipinski definition) is 2. The molecule has 2 rings (SSSR count). The van der Waals surface area contributed by atoms with E-state index in [0.29, 0.717) is 6.61 Å². The van der Waals surface area contributed by atoms with Crippen molar-refractivity contribution < 1.29 is 5.11 Å². The van der Waals surface area contributed by atoms with Gasteiger partial charge in [0.2, 0.25) is 0 Å². The van der Waals surface area contributed by atoms with Gasteiger partial charge in [0.25, 0.3) is 0 Å². The summed E-state index contributed by atoms with van der Waals surface area (Å²) in [4.78, 5) is 0. The summed E-state index contributed by atoms with van der Waals surface area (Å²) < 4.78 is 0. The topological polar surface area (TPSA) is 32.3 Å². The maximum absolute atomic E-state index is 9.32. The van der Waals surface area contributed by atoms with Crippen LogP contribution in [0.15, 0.2) is 0 Å². The third-order valence-electron chi connectivity index (χ3n) is 3.48. The van der Waals surface area contributed by atoms with Crippen molar-refractivity contribution in [2.75, 3.05) is 6.61 Å². The fourth-order valence-corrected chi connectivity index (χ4v) is 2.39. The minimum absolute atomic E-state index is 0.116. The summed E-state index contributed by atoms with van der Waals surface area (Å²) in [5, 5.41) is 13.0. The van der Waals surface area contributed by atoms with Crippen molar-refractivity contribution in [1.82, 2.24) is 5.32 Å². The van der Waals surface area contributed by atoms with Crippen LogP contribution >= 0.6 is 0 Å². The first-order valence-corrected chi connectivity index (χ1v) is 5.23. The molecule has 2 saturated carbocycles. The van der Waals surface area contributed by atoms with Crippen LogP contribution in [0.25, 0.3) is 0 Å². The van der Waals surface area contributed by atoms with Crippen molar-refractivity contribution in [1.29, 1.82) is 0 Å². The molecule has 2 N–H and O–H groups in total. The Balaban J connectivity index is 1.87. The molecule has 2 aliphatic rings. The molecule has 0 amide bonds. The standard InChI is InChI=1S/C10H19NO/c12-8-10(6-1-2-7-10)11-9-4-3-5-9/h9,11-12H,1-8H2. The van der Waals surface area contributed by atoms with Crippen molar-refractivity contribution in [3.8, 4) is 0 Å². The van der Waals surface area contributed by atoms with E-state index in [4.69, 9.17) is 0 Å². The Bertz CT molecular complexity index is 148. The zero-order chi connectivity index (χ0) is 8.44. The van der Waals surface area contributed by atoms with E-state index in [2.05, 4.69) is 5.32 Å². The number of nitrogens with one attached hydrogen (secondary N) is 1. The van der Waals surface area contributed by atoms with Crippen LogP contribution in [-0.4, -0.2) is 23.3 Å². The average molecular weight is 169 g/mol. The summed E-state index contributed by atoms with van der Waals surface area (Å²) in [6.45, 7) is 0.337. The summed E-state index contributed by atoms with van der Waals surface area (Å²) in [7, 11) is 0. The van der Waals surface area contributed by atoms with Crippen LogP contribution in [0, 0.1) is 0 Å². The van der Waals surface area contributed by atoms with Crippen LogP contribution in [0.5, 0.6) is 0 Å². The predicted octanol–water partition coefficient (Wildman–Crippen LogP) is 1.43. The molecule has 12 heavy (non-hydrogen) atoms. The molecule has 2 fully saturated rings. The molecule has 0 atom stereocenters. The van der Waals surface area contributed by atoms with Gasteiger partial charge in [-0.1, -0.05) is 19.3 Å². The minimum atomic E-state index is 0.116. The van der Waals surface area contributed by atoms with E-state index in [9.17, 15) is 5.11 Å². The van der Waals surface area contributed by atoms with Gasteiger partial charge in [-0.2, -0.15) is 0 Å². The van der Waals surface area contributed by atoms with Crippen molar-refractivity contribution in [3.05, 3.63) is 0 Å². The number of aliphatic hydroxyl groups is 1. The van der Waals surface area contributed by atoms with Gasteiger partial charge in [-0.25, -0.2) is 0 Å². The lowest BCUT2D eigenvalue weighted by Gasteiger charge is -2.37. The molecule has 0 heterocycles. The lowest BCUT2D eigenvalue weighted by Crippen LogP contribution is -2.53. The highest BCUT2D eigenvalue weighted by molar-refractivity contribution is 4.96. The molecular formula is C10H19NO. The van der Waals surface area contributed by atoms with Crippen molar-refractivity contribution >= 4 is 0 Å². The van der Waals surface area contributed by atoms with Gasteiger partial charge >= 0.3 is 0 Å². The zero-order valence-corrected chi connectivity index (χ0v) is 7.68. The number of hydrogen-bond donors (Lipinski definition) is 2. The monoisotopic (exact) mass is 169 g/mol. The summed E-state index contributed by atoms with van der Waals surface area (Å²) in [5.41, 5.74) is 0.116. The second kappa shape index (κ2) is 3.35. The maximum atomic E-state index is 9.32. The Morgan fingerprint density at radius 2 is 1.83 bits per heavy atom. The predicted molar refractivity (Wildman–Crippen MR) is 49.1 cm³/mol. The van der Waals surface area contributed by atoms with Gasteiger partial charge < -0.3 is 10.4 Å². The Morgan fingerprint density at radius 1 is 1.17 bits per heavy atom. The molecule has 0 radical (unpaired) electrons. The average Bonchev–Trinajstić information content (AvgIpc) is 2.46. The lowest BCUT2D eigenvalue weighted by atomic mass is 9.88. The van der Waals surface area contributed by atoms with Crippen LogP contribution in [0.4, 0.5) is 0 Å². The zero-order valence-electron chi connectivity index (χ0n) is 7.68. The molecule has 0 saturated heterocycles. The molecule has 2 nitrogen and oxygen atoms in total. The largest absolute Gasteiger partial charge is 0.394 e. The second-order valence-corrected chi connectivity index (χ2v) is 4.42. The van der Waals surface area contributed by atoms with Crippen LogP contribution in [0.3, 0.4) is 0 Å². The Morgan fingerprint density at radius 3 is 2.25 bits per heavy atom. The summed E-state index contributed by atoms with van der Waals surface area (Å²) >= 11 is 0. The van der Waals surface area contributed by atoms with E-state index in [1.807, 2.05) is 0 Å². The van der Waals surface area contributed by atoms with Crippen molar-refractivity contribution in [3.63, 3.8) is 0 Å². The van der Waals surface area contributed by atoms with Gasteiger partial charge in [-0.3, -0.25) is 0 Å². The molecule has 0 unspecified atom stereocenters. The third-order valence-corrected chi connectivity index (χ3v) is 3.48. The van der Waals surface area contributed by atoms with Crippen LogP contribution in [-0.2, 0) is 0 Å². The highest BCUT2D eigenvalue weighted by Gasteiger charge is 2.36. The molecule has 2 aliphatic carbocycles. The molecule has 70 valence electrons. The first-order valence-electron chi connectivity index (χ1n) is 5.23. The van der Waals surface area contributed by atoms with Gasteiger partial charge in [0.1, 0.15) is 0 Å². The van der Waals surface area contributed by atoms with Gasteiger partial charge in [-0.15, -0.1) is 0 Å². The van der Waals surface area contributed by atoms with Crippen molar-refractivity contribution in [2.24, 2.45) is 0 Å². The molecule has 0 aliphatic heterocycles. The van der Waals surface area contributed by atoms with Gasteiger partial charge in [-0.05, 0) is 25.7 Å². The maximum Gasteiger partial charge on any atom is 0.0613 e. The molecular weight excluding hydrogens is 150 g/mol. The van der Waals surface area contributed by atoms with Crippen LogP contribution in [0.1, 0.15) is 44.9 Å². The number of aliphatic hydroxyl groups excluding tert-OH is 1. The minimum Gasteiger partial charge on any atom is -0.394 e. The quantitative estimate of drug-likeness (QED) is 0.670. The summed E-state index contributed by atoms with van der Waals surface area (Å²) in [5.74, 6) is 0.